The molecular weight excluding hydrogens is 300 g/mol. The van der Waals surface area contributed by atoms with E-state index in [-0.39, 0.29) is 18.5 Å². The van der Waals surface area contributed by atoms with E-state index in [0.29, 0.717) is 6.04 Å². The third-order valence-electron chi connectivity index (χ3n) is 4.67. The van der Waals surface area contributed by atoms with Crippen LogP contribution in [0, 0.1) is 0 Å². The third kappa shape index (κ3) is 2.89. The van der Waals surface area contributed by atoms with E-state index in [1.165, 1.54) is 22.7 Å². The summed E-state index contributed by atoms with van der Waals surface area (Å²) in [5.41, 5.74) is 1.17. The molecule has 5 heteroatoms. The Labute approximate surface area is 140 Å². The molecule has 1 amide bonds. The first kappa shape index (κ1) is 14.9. The summed E-state index contributed by atoms with van der Waals surface area (Å²) < 4.78 is 1.59. The molecule has 2 aromatic carbocycles. The Morgan fingerprint density at radius 2 is 2.04 bits per heavy atom. The zero-order chi connectivity index (χ0) is 16.5. The van der Waals surface area contributed by atoms with Gasteiger partial charge >= 0.3 is 0 Å². The number of aromatic nitrogens is 3. The number of rotatable bonds is 5. The zero-order valence-corrected chi connectivity index (χ0v) is 13.7. The lowest BCUT2D eigenvalue weighted by molar-refractivity contribution is -0.134. The van der Waals surface area contributed by atoms with E-state index < -0.39 is 0 Å². The Morgan fingerprint density at radius 1 is 1.25 bits per heavy atom. The molecule has 0 radical (unpaired) electrons. The van der Waals surface area contributed by atoms with Gasteiger partial charge in [0.2, 0.25) is 5.91 Å². The highest BCUT2D eigenvalue weighted by Crippen LogP contribution is 2.35. The minimum absolute atomic E-state index is 0.0538. The number of carbonyl (C=O) groups excluding carboxylic acids is 1. The molecule has 0 bridgehead atoms. The van der Waals surface area contributed by atoms with E-state index in [1.54, 1.807) is 11.0 Å². The molecule has 0 N–H and O–H groups in total. The number of carbonyl (C=O) groups is 1. The van der Waals surface area contributed by atoms with Crippen LogP contribution in [0.25, 0.3) is 10.8 Å². The fourth-order valence-corrected chi connectivity index (χ4v) is 3.25. The topological polar surface area (TPSA) is 51.0 Å². The van der Waals surface area contributed by atoms with Crippen molar-refractivity contribution in [2.24, 2.45) is 0 Å². The van der Waals surface area contributed by atoms with Crippen molar-refractivity contribution in [3.8, 4) is 0 Å². The molecule has 5 nitrogen and oxygen atoms in total. The van der Waals surface area contributed by atoms with Crippen LogP contribution < -0.4 is 0 Å². The van der Waals surface area contributed by atoms with E-state index in [2.05, 4.69) is 47.3 Å². The fraction of sp³-hybridized carbons (Fsp3) is 0.316. The summed E-state index contributed by atoms with van der Waals surface area (Å²) in [6.07, 6.45) is 5.22. The van der Waals surface area contributed by atoms with Crippen LogP contribution in [-0.4, -0.2) is 31.6 Å². The summed E-state index contributed by atoms with van der Waals surface area (Å²) in [6, 6.07) is 15.2. The van der Waals surface area contributed by atoms with E-state index in [4.69, 9.17) is 0 Å². The first-order valence-electron chi connectivity index (χ1n) is 8.34. The van der Waals surface area contributed by atoms with Crippen molar-refractivity contribution in [2.45, 2.75) is 38.4 Å². The summed E-state index contributed by atoms with van der Waals surface area (Å²) in [7, 11) is 0. The second kappa shape index (κ2) is 6.07. The largest absolute Gasteiger partial charge is 0.331 e. The predicted molar refractivity (Wildman–Crippen MR) is 92.3 cm³/mol. The highest BCUT2D eigenvalue weighted by molar-refractivity contribution is 5.83. The maximum absolute atomic E-state index is 12.8. The number of nitrogens with zero attached hydrogens (tertiary/aromatic N) is 4. The van der Waals surface area contributed by atoms with Crippen LogP contribution in [0.15, 0.2) is 55.1 Å². The fourth-order valence-electron chi connectivity index (χ4n) is 3.25. The van der Waals surface area contributed by atoms with Crippen LogP contribution in [0.4, 0.5) is 0 Å². The molecule has 4 rings (SSSR count). The quantitative estimate of drug-likeness (QED) is 0.725. The van der Waals surface area contributed by atoms with Crippen molar-refractivity contribution < 1.29 is 4.79 Å². The molecule has 1 saturated carbocycles. The van der Waals surface area contributed by atoms with Gasteiger partial charge in [0.1, 0.15) is 19.2 Å². The van der Waals surface area contributed by atoms with E-state index >= 15 is 0 Å². The molecule has 122 valence electrons. The molecule has 3 aromatic rings. The van der Waals surface area contributed by atoms with Gasteiger partial charge in [0.05, 0.1) is 6.04 Å². The second-order valence-electron chi connectivity index (χ2n) is 6.41. The van der Waals surface area contributed by atoms with Crippen LogP contribution in [0.1, 0.15) is 31.4 Å². The van der Waals surface area contributed by atoms with Crippen molar-refractivity contribution in [3.63, 3.8) is 0 Å². The predicted octanol–water partition coefficient (Wildman–Crippen LogP) is 3.18. The molecule has 24 heavy (non-hydrogen) atoms. The molecule has 1 atom stereocenters. The first-order chi connectivity index (χ1) is 11.7. The van der Waals surface area contributed by atoms with Crippen molar-refractivity contribution in [1.82, 2.24) is 19.7 Å². The Kier molecular flexibility index (Phi) is 3.76. The van der Waals surface area contributed by atoms with Crippen molar-refractivity contribution in [2.75, 3.05) is 0 Å². The maximum atomic E-state index is 12.8. The van der Waals surface area contributed by atoms with Crippen LogP contribution in [0.5, 0.6) is 0 Å². The summed E-state index contributed by atoms with van der Waals surface area (Å²) in [5.74, 6) is 0.101. The molecule has 0 aliphatic heterocycles. The lowest BCUT2D eigenvalue weighted by Crippen LogP contribution is -2.38. The molecule has 1 fully saturated rings. The Morgan fingerprint density at radius 3 is 2.75 bits per heavy atom. The van der Waals surface area contributed by atoms with Crippen molar-refractivity contribution in [1.29, 1.82) is 0 Å². The van der Waals surface area contributed by atoms with Crippen LogP contribution in [0.2, 0.25) is 0 Å². The van der Waals surface area contributed by atoms with Gasteiger partial charge in [-0.2, -0.15) is 5.10 Å². The Bertz CT molecular complexity index is 855. The molecule has 1 heterocycles. The summed E-state index contributed by atoms with van der Waals surface area (Å²) >= 11 is 0. The number of benzene rings is 2. The Hall–Kier alpha value is -2.69. The summed E-state index contributed by atoms with van der Waals surface area (Å²) in [4.78, 5) is 18.7. The van der Waals surface area contributed by atoms with Gasteiger partial charge in [0.15, 0.2) is 0 Å². The zero-order valence-electron chi connectivity index (χ0n) is 13.7. The van der Waals surface area contributed by atoms with Crippen LogP contribution >= 0.6 is 0 Å². The molecular formula is C19H20N4O. The molecule has 0 unspecified atom stereocenters. The molecule has 1 aromatic heterocycles. The smallest absolute Gasteiger partial charge is 0.245 e. The molecule has 0 saturated heterocycles. The lowest BCUT2D eigenvalue weighted by atomic mass is 10.0. The number of hydrogen-bond acceptors (Lipinski definition) is 3. The van der Waals surface area contributed by atoms with Gasteiger partial charge in [-0.25, -0.2) is 9.67 Å². The van der Waals surface area contributed by atoms with Gasteiger partial charge in [-0.15, -0.1) is 0 Å². The van der Waals surface area contributed by atoms with Gasteiger partial charge in [-0.1, -0.05) is 36.4 Å². The SMILES string of the molecule is C[C@H](c1ccc2ccccc2c1)N(C(=O)Cn1cncn1)C1CC1. The minimum Gasteiger partial charge on any atom is -0.331 e. The van der Waals surface area contributed by atoms with E-state index in [1.807, 2.05) is 17.0 Å². The lowest BCUT2D eigenvalue weighted by Gasteiger charge is -2.30. The van der Waals surface area contributed by atoms with Gasteiger partial charge in [0.25, 0.3) is 0 Å². The second-order valence-corrected chi connectivity index (χ2v) is 6.41. The normalized spacial score (nSPS) is 15.4. The standard InChI is InChI=1S/C19H20N4O/c1-14(16-7-6-15-4-2-3-5-17(15)10-16)23(18-8-9-18)19(24)11-22-13-20-12-21-22/h2-7,10,12-14,18H,8-9,11H2,1H3/t14-/m1/s1. The van der Waals surface area contributed by atoms with Crippen molar-refractivity contribution >= 4 is 16.7 Å². The summed E-state index contributed by atoms with van der Waals surface area (Å²) in [5, 5.41) is 6.48. The minimum atomic E-state index is 0.0538. The third-order valence-corrected chi connectivity index (χ3v) is 4.67. The van der Waals surface area contributed by atoms with Gasteiger partial charge < -0.3 is 4.90 Å². The van der Waals surface area contributed by atoms with Crippen molar-refractivity contribution in [3.05, 3.63) is 60.7 Å². The molecule has 1 aliphatic carbocycles. The van der Waals surface area contributed by atoms with Crippen LogP contribution in [0.3, 0.4) is 0 Å². The Balaban J connectivity index is 1.60. The van der Waals surface area contributed by atoms with E-state index in [9.17, 15) is 4.79 Å². The van der Waals surface area contributed by atoms with Gasteiger partial charge in [-0.3, -0.25) is 4.79 Å². The number of amides is 1. The van der Waals surface area contributed by atoms with Gasteiger partial charge in [0, 0.05) is 6.04 Å². The molecule has 1 aliphatic rings. The highest BCUT2D eigenvalue weighted by atomic mass is 16.2. The highest BCUT2D eigenvalue weighted by Gasteiger charge is 2.36. The average molecular weight is 320 g/mol. The summed E-state index contributed by atoms with van der Waals surface area (Å²) in [6.45, 7) is 2.36. The molecule has 0 spiro atoms. The van der Waals surface area contributed by atoms with Crippen LogP contribution in [-0.2, 0) is 11.3 Å². The average Bonchev–Trinajstić information content (AvgIpc) is 3.30. The number of fused-ring (bicyclic) bond motifs is 1. The van der Waals surface area contributed by atoms with Gasteiger partial charge in [-0.05, 0) is 42.2 Å². The first-order valence-corrected chi connectivity index (χ1v) is 8.34. The maximum Gasteiger partial charge on any atom is 0.245 e. The van der Waals surface area contributed by atoms with E-state index in [0.717, 1.165) is 12.8 Å². The number of hydrogen-bond donors (Lipinski definition) is 0. The monoisotopic (exact) mass is 320 g/mol.